The first kappa shape index (κ1) is 31.2. The zero-order valence-corrected chi connectivity index (χ0v) is 18.0. The molecule has 0 aliphatic heterocycles. The Morgan fingerprint density at radius 2 is 0.824 bits per heavy atom. The molecule has 2 aromatic carbocycles. The van der Waals surface area contributed by atoms with Gasteiger partial charge in [-0.3, -0.25) is 9.59 Å². The Kier molecular flexibility index (Phi) is 15.3. The van der Waals surface area contributed by atoms with Gasteiger partial charge >= 0.3 is 29.8 Å². The van der Waals surface area contributed by atoms with Crippen LogP contribution in [0, 0.1) is 0 Å². The monoisotopic (exact) mass is 478 g/mol. The molecule has 0 atom stereocenters. The molecule has 0 aliphatic rings. The molecular weight excluding hydrogens is 456 g/mol. The van der Waals surface area contributed by atoms with Gasteiger partial charge in [0.25, 0.3) is 5.97 Å². The van der Waals surface area contributed by atoms with Crippen LogP contribution < -0.4 is 0 Å². The molecule has 0 saturated heterocycles. The number of esters is 1. The fourth-order valence-corrected chi connectivity index (χ4v) is 1.83. The molecule has 0 bridgehead atoms. The summed E-state index contributed by atoms with van der Waals surface area (Å²) in [4.78, 5) is 60.6. The molecular formula is C22H22O12. The number of aliphatic carboxylic acids is 1. The number of aromatic carboxylic acids is 4. The van der Waals surface area contributed by atoms with Gasteiger partial charge in [-0.1, -0.05) is 30.8 Å². The quantitative estimate of drug-likeness (QED) is 0.310. The number of benzene rings is 2. The number of carboxylic acid groups (broad SMARTS) is 5. The number of carboxylic acids is 5. The third kappa shape index (κ3) is 14.1. The summed E-state index contributed by atoms with van der Waals surface area (Å²) < 4.78 is 4.17. The summed E-state index contributed by atoms with van der Waals surface area (Å²) in [5.41, 5.74) is -0.759. The van der Waals surface area contributed by atoms with Crippen molar-refractivity contribution in [2.24, 2.45) is 0 Å². The van der Waals surface area contributed by atoms with E-state index in [2.05, 4.69) is 11.3 Å². The van der Waals surface area contributed by atoms with Gasteiger partial charge in [0, 0.05) is 13.8 Å². The molecule has 12 heteroatoms. The Morgan fingerprint density at radius 3 is 0.912 bits per heavy atom. The van der Waals surface area contributed by atoms with E-state index in [0.717, 1.165) is 13.2 Å². The summed E-state index contributed by atoms with van der Waals surface area (Å²) in [6, 6.07) is 11.0. The Balaban J connectivity index is 0. The van der Waals surface area contributed by atoms with Crippen molar-refractivity contribution in [2.45, 2.75) is 13.8 Å². The average Bonchev–Trinajstić information content (AvgIpc) is 2.74. The molecule has 0 saturated carbocycles. The average molecular weight is 478 g/mol. The highest BCUT2D eigenvalue weighted by Crippen LogP contribution is 2.08. The van der Waals surface area contributed by atoms with E-state index in [1.54, 1.807) is 0 Å². The van der Waals surface area contributed by atoms with Crippen LogP contribution >= 0.6 is 0 Å². The first-order valence-electron chi connectivity index (χ1n) is 8.85. The molecule has 34 heavy (non-hydrogen) atoms. The molecule has 12 nitrogen and oxygen atoms in total. The smallest absolute Gasteiger partial charge is 0.336 e. The molecule has 0 spiro atoms. The van der Waals surface area contributed by atoms with Crippen LogP contribution in [-0.4, -0.2) is 61.3 Å². The second kappa shape index (κ2) is 16.7. The van der Waals surface area contributed by atoms with Crippen LogP contribution in [-0.2, 0) is 14.3 Å². The third-order valence-electron chi connectivity index (χ3n) is 3.03. The van der Waals surface area contributed by atoms with Crippen LogP contribution in [0.5, 0.6) is 0 Å². The van der Waals surface area contributed by atoms with Crippen molar-refractivity contribution in [1.29, 1.82) is 0 Å². The van der Waals surface area contributed by atoms with Gasteiger partial charge in [0.2, 0.25) is 0 Å². The van der Waals surface area contributed by atoms with Crippen molar-refractivity contribution in [3.05, 3.63) is 83.6 Å². The Hall–Kier alpha value is -5.00. The van der Waals surface area contributed by atoms with Gasteiger partial charge in [0.05, 0.1) is 28.5 Å². The summed E-state index contributed by atoms with van der Waals surface area (Å²) >= 11 is 0. The zero-order valence-electron chi connectivity index (χ0n) is 18.0. The lowest BCUT2D eigenvalue weighted by Gasteiger charge is -1.98. The van der Waals surface area contributed by atoms with E-state index in [-0.39, 0.29) is 28.2 Å². The van der Waals surface area contributed by atoms with Crippen LogP contribution in [0.1, 0.15) is 55.3 Å². The Morgan fingerprint density at radius 1 is 0.618 bits per heavy atom. The number of hydrogen-bond acceptors (Lipinski definition) is 7. The van der Waals surface area contributed by atoms with Gasteiger partial charge < -0.3 is 30.3 Å². The molecule has 0 aromatic heterocycles. The summed E-state index contributed by atoms with van der Waals surface area (Å²) in [5, 5.41) is 41.6. The standard InChI is InChI=1S/2C8H6O4.C4H6O2.C2H4O2/c2*9-7(10)5-3-1-2-4-6(5)8(11)12;1-3-6-4(2)5;1-2(3)4/h2*1-4H,(H,9,10)(H,11,12);3H,1H2,2H3;1H3,(H,3,4). The van der Waals surface area contributed by atoms with Crippen molar-refractivity contribution < 1.29 is 59.0 Å². The summed E-state index contributed by atoms with van der Waals surface area (Å²) in [5.74, 6) is -6.08. The van der Waals surface area contributed by atoms with E-state index in [1.807, 2.05) is 0 Å². The Labute approximate surface area is 193 Å². The lowest BCUT2D eigenvalue weighted by atomic mass is 10.1. The highest BCUT2D eigenvalue weighted by Gasteiger charge is 2.14. The molecule has 5 N–H and O–H groups in total. The van der Waals surface area contributed by atoms with Gasteiger partial charge in [0.1, 0.15) is 0 Å². The third-order valence-corrected chi connectivity index (χ3v) is 3.03. The fourth-order valence-electron chi connectivity index (χ4n) is 1.83. The number of hydrogen-bond donors (Lipinski definition) is 5. The van der Waals surface area contributed by atoms with Crippen LogP contribution in [0.25, 0.3) is 0 Å². The van der Waals surface area contributed by atoms with Crippen molar-refractivity contribution in [3.8, 4) is 0 Å². The van der Waals surface area contributed by atoms with Gasteiger partial charge in [0.15, 0.2) is 0 Å². The lowest BCUT2D eigenvalue weighted by Crippen LogP contribution is -2.06. The van der Waals surface area contributed by atoms with Crippen LogP contribution in [0.2, 0.25) is 0 Å². The predicted octanol–water partition coefficient (Wildman–Crippen LogP) is 2.95. The molecule has 182 valence electrons. The second-order valence-electron chi connectivity index (χ2n) is 5.61. The van der Waals surface area contributed by atoms with E-state index in [9.17, 15) is 24.0 Å². The van der Waals surface area contributed by atoms with E-state index >= 15 is 0 Å². The second-order valence-corrected chi connectivity index (χ2v) is 5.61. The van der Waals surface area contributed by atoms with Crippen molar-refractivity contribution in [1.82, 2.24) is 0 Å². The predicted molar refractivity (Wildman–Crippen MR) is 116 cm³/mol. The molecule has 0 amide bonds. The van der Waals surface area contributed by atoms with Crippen molar-refractivity contribution in [2.75, 3.05) is 0 Å². The number of ether oxygens (including phenoxy) is 1. The molecule has 2 rings (SSSR count). The molecule has 2 aromatic rings. The summed E-state index contributed by atoms with van der Waals surface area (Å²) in [7, 11) is 0. The zero-order chi connectivity index (χ0) is 26.8. The van der Waals surface area contributed by atoms with Gasteiger partial charge in [-0.05, 0) is 24.3 Å². The van der Waals surface area contributed by atoms with E-state index in [1.165, 1.54) is 55.5 Å². The summed E-state index contributed by atoms with van der Waals surface area (Å²) in [6.07, 6.45) is 1.10. The van der Waals surface area contributed by atoms with Crippen molar-refractivity contribution in [3.63, 3.8) is 0 Å². The molecule has 0 heterocycles. The van der Waals surface area contributed by atoms with Crippen molar-refractivity contribution >= 4 is 35.8 Å². The highest BCUT2D eigenvalue weighted by atomic mass is 16.5. The molecule has 0 unspecified atom stereocenters. The number of rotatable bonds is 5. The molecule has 0 fully saturated rings. The van der Waals surface area contributed by atoms with Crippen LogP contribution in [0.15, 0.2) is 61.4 Å². The normalized spacial score (nSPS) is 8.53. The minimum absolute atomic E-state index is 0.190. The Bertz CT molecular complexity index is 902. The maximum atomic E-state index is 10.5. The largest absolute Gasteiger partial charge is 0.481 e. The van der Waals surface area contributed by atoms with Gasteiger partial charge in [-0.15, -0.1) is 0 Å². The maximum absolute atomic E-state index is 10.5. The highest BCUT2D eigenvalue weighted by molar-refractivity contribution is 6.02. The van der Waals surface area contributed by atoms with Gasteiger partial charge in [-0.2, -0.15) is 0 Å². The van der Waals surface area contributed by atoms with Gasteiger partial charge in [-0.25, -0.2) is 19.2 Å². The van der Waals surface area contributed by atoms with E-state index < -0.39 is 29.8 Å². The minimum Gasteiger partial charge on any atom is -0.481 e. The first-order chi connectivity index (χ1) is 15.8. The SMILES string of the molecule is C=COC(C)=O.CC(=O)O.O=C(O)c1ccccc1C(=O)O.O=C(O)c1ccccc1C(=O)O. The number of carbonyl (C=O) groups excluding carboxylic acids is 1. The number of carbonyl (C=O) groups is 6. The molecule has 0 aliphatic carbocycles. The first-order valence-corrected chi connectivity index (χ1v) is 8.85. The lowest BCUT2D eigenvalue weighted by molar-refractivity contribution is -0.136. The van der Waals surface area contributed by atoms with Crippen LogP contribution in [0.3, 0.4) is 0 Å². The topological polar surface area (TPSA) is 213 Å². The fraction of sp³-hybridized carbons (Fsp3) is 0.0909. The molecule has 0 radical (unpaired) electrons. The maximum Gasteiger partial charge on any atom is 0.336 e. The summed E-state index contributed by atoms with van der Waals surface area (Å²) in [6.45, 7) is 5.56. The van der Waals surface area contributed by atoms with Crippen LogP contribution in [0.4, 0.5) is 0 Å². The van der Waals surface area contributed by atoms with E-state index in [4.69, 9.17) is 30.3 Å². The van der Waals surface area contributed by atoms with E-state index in [0.29, 0.717) is 0 Å². The minimum atomic E-state index is -1.23.